The topological polar surface area (TPSA) is 284 Å². The number of carboxylic acids is 1. The number of hydroxylamine groups is 4. The first-order chi connectivity index (χ1) is 58.1. The van der Waals surface area contributed by atoms with Gasteiger partial charge in [-0.3, -0.25) is 33.9 Å². The van der Waals surface area contributed by atoms with E-state index in [0.717, 1.165) is 130 Å². The Hall–Kier alpha value is -6.24. The fourth-order valence-electron chi connectivity index (χ4n) is 22.1. The second-order valence-corrected chi connectivity index (χ2v) is 39.0. The van der Waals surface area contributed by atoms with Gasteiger partial charge in [-0.25, -0.2) is 4.79 Å². The van der Waals surface area contributed by atoms with E-state index in [2.05, 4.69) is 147 Å². The van der Waals surface area contributed by atoms with Crippen molar-refractivity contribution in [1.29, 1.82) is 0 Å². The second-order valence-electron chi connectivity index (χ2n) is 39.0. The lowest BCUT2D eigenvalue weighted by molar-refractivity contribution is -0.183. The molecule has 18 atom stereocenters. The van der Waals surface area contributed by atoms with Crippen molar-refractivity contribution in [3.63, 3.8) is 0 Å². The minimum atomic E-state index is -1.01. The number of para-hydroxylation sites is 2. The summed E-state index contributed by atoms with van der Waals surface area (Å²) in [7, 11) is 0. The van der Waals surface area contributed by atoms with Gasteiger partial charge >= 0.3 is 5.97 Å². The average molecular weight is 1680 g/mol. The highest BCUT2D eigenvalue weighted by molar-refractivity contribution is 5.83. The lowest BCUT2D eigenvalue weighted by atomic mass is 9.45. The molecule has 0 radical (unpaired) electrons. The number of carboxylic acid groups (broad SMARTS) is 1. The largest absolute Gasteiger partial charge is 0.483 e. The number of nitrogens with zero attached hydrogens (tertiary/aromatic N) is 7. The number of aliphatic carboxylic acids is 1. The number of benzene rings is 4. The summed E-state index contributed by atoms with van der Waals surface area (Å²) in [5, 5.41) is 65.4. The summed E-state index contributed by atoms with van der Waals surface area (Å²) >= 11 is 0. The number of amides is 3. The van der Waals surface area contributed by atoms with Gasteiger partial charge in [-0.05, 0) is 197 Å². The molecule has 6 aliphatic heterocycles. The number of fused-ring (bicyclic) bond motifs is 4. The van der Waals surface area contributed by atoms with Crippen molar-refractivity contribution in [2.75, 3.05) is 118 Å². The lowest BCUT2D eigenvalue weighted by Crippen LogP contribution is -2.62. The highest BCUT2D eigenvalue weighted by Gasteiger charge is 2.59. The van der Waals surface area contributed by atoms with Gasteiger partial charge in [0, 0.05) is 113 Å². The summed E-state index contributed by atoms with van der Waals surface area (Å²) in [6.07, 6.45) is 8.20. The van der Waals surface area contributed by atoms with E-state index in [1.807, 2.05) is 59.5 Å². The number of morpholine rings is 2. The Morgan fingerprint density at radius 2 is 0.934 bits per heavy atom. The Balaban J connectivity index is 0.000000207. The summed E-state index contributed by atoms with van der Waals surface area (Å²) in [6, 6.07) is 31.9. The molecular formula is C96H148N10O15. The van der Waals surface area contributed by atoms with Crippen LogP contribution in [0.2, 0.25) is 0 Å². The fraction of sp³-hybridized carbons (Fsp3) is 0.708. The van der Waals surface area contributed by atoms with Crippen LogP contribution < -0.4 is 25.4 Å². The molecule has 4 aromatic rings. The monoisotopic (exact) mass is 1680 g/mol. The van der Waals surface area contributed by atoms with Gasteiger partial charge < -0.3 is 75.1 Å². The molecule has 25 nitrogen and oxygen atoms in total. The van der Waals surface area contributed by atoms with Gasteiger partial charge in [0.25, 0.3) is 5.91 Å². The van der Waals surface area contributed by atoms with E-state index < -0.39 is 60.9 Å². The molecule has 16 rings (SSSR count). The quantitative estimate of drug-likeness (QED) is 0.0210. The molecule has 4 aromatic carbocycles. The molecule has 3 amide bonds. The van der Waals surface area contributed by atoms with Gasteiger partial charge in [0.05, 0.1) is 64.9 Å². The van der Waals surface area contributed by atoms with Crippen LogP contribution in [0.3, 0.4) is 0 Å². The average Bonchev–Trinajstić information content (AvgIpc) is 0.879. The zero-order valence-electron chi connectivity index (χ0n) is 74.8. The zero-order chi connectivity index (χ0) is 86.2. The van der Waals surface area contributed by atoms with Crippen LogP contribution in [0.15, 0.2) is 97.1 Å². The molecular weight excluding hydrogens is 1530 g/mol. The number of aliphatic hydroxyl groups excluding tert-OH is 4. The van der Waals surface area contributed by atoms with Gasteiger partial charge in [-0.2, -0.15) is 10.1 Å². The van der Waals surface area contributed by atoms with Crippen LogP contribution in [-0.2, 0) is 77.6 Å². The van der Waals surface area contributed by atoms with E-state index in [-0.39, 0.29) is 61.7 Å². The van der Waals surface area contributed by atoms with Crippen LogP contribution in [0.4, 0.5) is 0 Å². The number of nitrogens with one attached hydrogen (secondary N) is 3. The molecule has 8 N–H and O–H groups in total. The van der Waals surface area contributed by atoms with Gasteiger partial charge in [-0.1, -0.05) is 154 Å². The standard InChI is InChI=1S/C48H73N5O7.C44H66N4O7.C4H9NO/c1-32(2)22-39(29-50-16-9-10-17-50)52(28-37-14-7-8-15-42(37)59-31-44(56)51-18-20-58-21-19-51)26-35-12-11-13-36(23-35)27-53-46(45(34(4)55)43(30-54)60-53)47(57)49-41-25-38-24-40(33(41)3)48(38,5)6;1-28(2)18-35(25-46-16-9-10-17-46)47(24-33-14-7-8-15-38(33)54-27-40(51)52)22-31-12-11-13-32(19-31)23-48-42(41(30(4)50)39(26-49)55-48)43(53)45-37-21-34-20-36(29(37)3)44(34,5)6;1-3-6-4-2-5-1/h7-8,11-15,23,32-34,38-41,43,45-46,54-55H,9-10,16-22,24-31H2,1-6H3,(H,49,57);7-8,11-15,19,28-30,34-37,39,41-42,49-50H,9-10,16-18,20-27H2,1-6H3,(H,45,53)(H,51,52);5H,1-4H2/t33-,34-,38+,39-,40-,41-,43-,45+,46-;29-,30-,34+,35-,36-,37-,39-,41+,42-;/m00./s1. The number of likely N-dealkylation sites (tertiary alicyclic amines) is 2. The molecule has 6 saturated heterocycles. The summed E-state index contributed by atoms with van der Waals surface area (Å²) in [5.41, 5.74) is 6.82. The van der Waals surface area contributed by atoms with Gasteiger partial charge in [-0.15, -0.1) is 0 Å². The smallest absolute Gasteiger partial charge is 0.341 e. The van der Waals surface area contributed by atoms with Crippen LogP contribution in [0.25, 0.3) is 0 Å². The first-order valence-corrected chi connectivity index (χ1v) is 46.0. The van der Waals surface area contributed by atoms with Crippen molar-refractivity contribution in [3.05, 3.63) is 130 Å². The third kappa shape index (κ3) is 24.3. The molecule has 0 aromatic heterocycles. The predicted molar refractivity (Wildman–Crippen MR) is 467 cm³/mol. The van der Waals surface area contributed by atoms with Crippen LogP contribution in [-0.4, -0.2) is 263 Å². The molecule has 4 bridgehead atoms. The van der Waals surface area contributed by atoms with Crippen molar-refractivity contribution in [2.45, 2.75) is 247 Å². The molecule has 12 fully saturated rings. The zero-order valence-corrected chi connectivity index (χ0v) is 74.8. The summed E-state index contributed by atoms with van der Waals surface area (Å²) in [6.45, 7) is 41.2. The Morgan fingerprint density at radius 1 is 0.529 bits per heavy atom. The normalized spacial score (nSPS) is 28.8. The first kappa shape index (κ1) is 93.9. The van der Waals surface area contributed by atoms with Crippen molar-refractivity contribution in [2.24, 2.45) is 70.0 Å². The number of hydrogen-bond donors (Lipinski definition) is 8. The molecule has 0 spiro atoms. The van der Waals surface area contributed by atoms with Gasteiger partial charge in [0.1, 0.15) is 35.8 Å². The van der Waals surface area contributed by atoms with Gasteiger partial charge in [0.2, 0.25) is 11.8 Å². The van der Waals surface area contributed by atoms with Crippen LogP contribution in [0.5, 0.6) is 11.5 Å². The maximum absolute atomic E-state index is 14.3. The second kappa shape index (κ2) is 43.8. The van der Waals surface area contributed by atoms with Crippen molar-refractivity contribution >= 4 is 23.7 Å². The number of carbonyl (C=O) groups excluding carboxylic acids is 3. The lowest BCUT2D eigenvalue weighted by Gasteiger charge is -2.62. The molecule has 25 heteroatoms. The van der Waals surface area contributed by atoms with Crippen LogP contribution >= 0.6 is 0 Å². The maximum Gasteiger partial charge on any atom is 0.341 e. The van der Waals surface area contributed by atoms with Gasteiger partial charge in [0.15, 0.2) is 13.2 Å². The Kier molecular flexibility index (Phi) is 34.0. The van der Waals surface area contributed by atoms with Crippen molar-refractivity contribution < 1.29 is 73.3 Å². The van der Waals surface area contributed by atoms with Crippen molar-refractivity contribution in [1.82, 2.24) is 50.6 Å². The summed E-state index contributed by atoms with van der Waals surface area (Å²) in [4.78, 5) is 77.8. The highest BCUT2D eigenvalue weighted by atomic mass is 16.7. The van der Waals surface area contributed by atoms with E-state index in [9.17, 15) is 44.7 Å². The highest BCUT2D eigenvalue weighted by Crippen LogP contribution is 2.62. The van der Waals surface area contributed by atoms with Crippen LogP contribution in [0.1, 0.15) is 181 Å². The number of hydrogen-bond acceptors (Lipinski definition) is 21. The minimum Gasteiger partial charge on any atom is -0.483 e. The third-order valence-corrected chi connectivity index (χ3v) is 29.0. The molecule has 0 unspecified atom stereocenters. The van der Waals surface area contributed by atoms with E-state index in [4.69, 9.17) is 28.6 Å². The molecule has 12 aliphatic rings. The number of ether oxygens (including phenoxy) is 4. The minimum absolute atomic E-state index is 0.00814. The van der Waals surface area contributed by atoms with E-state index in [0.29, 0.717) is 129 Å². The SMILES string of the molecule is C1COCCN1.CC(C)C[C@@H](CN1CCCC1)N(Cc1cccc(CN2O[C@@H](CO)[C@@H]([C@H](C)O)[C@H]2C(=O)N[C@H]2C[C@H]3C[C@@H]([C@@H]2C)C3(C)C)c1)Cc1ccccc1OCC(=O)N1CCOCC1.CC(C)C[C@@H](CN1CCCC1)N(Cc1cccc(CN2O[C@@H](CO)[C@@H]([C@H](C)O)[C@H]2C(=O)N[C@H]2C[C@H]3C[C@@H]([C@@H]2C)C3(C)C)c1)Cc1ccccc1OCC(=O)O. The molecule has 121 heavy (non-hydrogen) atoms. The Morgan fingerprint density at radius 3 is 1.30 bits per heavy atom. The number of aliphatic hydroxyl groups is 4. The maximum atomic E-state index is 14.3. The molecule has 6 heterocycles. The van der Waals surface area contributed by atoms with E-state index in [1.54, 1.807) is 24.0 Å². The number of rotatable bonds is 36. The summed E-state index contributed by atoms with van der Waals surface area (Å²) in [5.74, 6) is 2.88. The van der Waals surface area contributed by atoms with Crippen LogP contribution in [0, 0.1) is 70.0 Å². The molecule has 6 aliphatic carbocycles. The first-order valence-electron chi connectivity index (χ1n) is 46.0. The predicted octanol–water partition coefficient (Wildman–Crippen LogP) is 10.0. The molecule has 672 valence electrons. The fourth-order valence-corrected chi connectivity index (χ4v) is 22.1. The third-order valence-electron chi connectivity index (χ3n) is 29.0. The Bertz CT molecular complexity index is 3910. The molecule has 6 saturated carbocycles. The Labute approximate surface area is 721 Å². The van der Waals surface area contributed by atoms with E-state index >= 15 is 0 Å². The van der Waals surface area contributed by atoms with Crippen molar-refractivity contribution in [3.8, 4) is 11.5 Å². The summed E-state index contributed by atoms with van der Waals surface area (Å²) < 4.78 is 22.5. The number of carbonyl (C=O) groups is 4. The van der Waals surface area contributed by atoms with E-state index in [1.165, 1.54) is 38.5 Å².